The van der Waals surface area contributed by atoms with Crippen LogP contribution in [0.4, 0.5) is 5.69 Å². The molecule has 0 radical (unpaired) electrons. The first-order chi connectivity index (χ1) is 11.8. The standard InChI is InChI=1S/C19H30N4O.2ClH/c1-20-16-18-8-5-10-23(18)19(24)9-11-21-12-14-22(15-13-21)17-6-3-2-4-7-17;;/h2-4,6-7,18,20H,5,8-16H2,1H3;2*1H. The average molecular weight is 403 g/mol. The first-order valence-electron chi connectivity index (χ1n) is 9.24. The lowest BCUT2D eigenvalue weighted by atomic mass is 10.2. The number of benzene rings is 1. The van der Waals surface area contributed by atoms with Crippen LogP contribution in [0.2, 0.25) is 0 Å². The van der Waals surface area contributed by atoms with Crippen LogP contribution >= 0.6 is 24.8 Å². The van der Waals surface area contributed by atoms with Crippen LogP contribution in [0.5, 0.6) is 0 Å². The zero-order chi connectivity index (χ0) is 16.8. The molecule has 2 saturated heterocycles. The van der Waals surface area contributed by atoms with Gasteiger partial charge in [-0.15, -0.1) is 24.8 Å². The van der Waals surface area contributed by atoms with Crippen molar-refractivity contribution in [3.05, 3.63) is 30.3 Å². The van der Waals surface area contributed by atoms with Crippen LogP contribution in [-0.2, 0) is 4.79 Å². The van der Waals surface area contributed by atoms with E-state index in [0.717, 1.165) is 58.7 Å². The number of piperazine rings is 1. The molecule has 1 amide bonds. The van der Waals surface area contributed by atoms with E-state index in [9.17, 15) is 4.79 Å². The minimum absolute atomic E-state index is 0. The van der Waals surface area contributed by atoms with Crippen LogP contribution in [0.3, 0.4) is 0 Å². The van der Waals surface area contributed by atoms with Crippen molar-refractivity contribution in [1.29, 1.82) is 0 Å². The fourth-order valence-electron chi connectivity index (χ4n) is 3.88. The second-order valence-electron chi connectivity index (χ2n) is 6.86. The molecule has 1 N–H and O–H groups in total. The lowest BCUT2D eigenvalue weighted by Crippen LogP contribution is -2.48. The van der Waals surface area contributed by atoms with Gasteiger partial charge in [0.15, 0.2) is 0 Å². The number of hydrogen-bond donors (Lipinski definition) is 1. The molecule has 0 aromatic heterocycles. The van der Waals surface area contributed by atoms with Crippen molar-refractivity contribution in [2.45, 2.75) is 25.3 Å². The van der Waals surface area contributed by atoms with Crippen molar-refractivity contribution in [2.24, 2.45) is 0 Å². The molecule has 1 unspecified atom stereocenters. The van der Waals surface area contributed by atoms with E-state index in [-0.39, 0.29) is 24.8 Å². The molecule has 2 aliphatic rings. The minimum atomic E-state index is 0. The van der Waals surface area contributed by atoms with Gasteiger partial charge in [-0.1, -0.05) is 18.2 Å². The quantitative estimate of drug-likeness (QED) is 0.791. The van der Waals surface area contributed by atoms with Crippen molar-refractivity contribution in [3.8, 4) is 0 Å². The van der Waals surface area contributed by atoms with Gasteiger partial charge < -0.3 is 15.1 Å². The van der Waals surface area contributed by atoms with Crippen molar-refractivity contribution in [3.63, 3.8) is 0 Å². The molecule has 0 saturated carbocycles. The van der Waals surface area contributed by atoms with Crippen molar-refractivity contribution < 1.29 is 4.79 Å². The van der Waals surface area contributed by atoms with E-state index in [1.807, 2.05) is 7.05 Å². The highest BCUT2D eigenvalue weighted by molar-refractivity contribution is 5.85. The molecule has 3 rings (SSSR count). The van der Waals surface area contributed by atoms with Crippen LogP contribution in [0.15, 0.2) is 30.3 Å². The smallest absolute Gasteiger partial charge is 0.224 e. The Morgan fingerprint density at radius 1 is 1.08 bits per heavy atom. The van der Waals surface area contributed by atoms with Crippen molar-refractivity contribution in [2.75, 3.05) is 57.8 Å². The number of rotatable bonds is 6. The van der Waals surface area contributed by atoms with Gasteiger partial charge in [0, 0.05) is 64.0 Å². The monoisotopic (exact) mass is 402 g/mol. The van der Waals surface area contributed by atoms with E-state index < -0.39 is 0 Å². The number of para-hydroxylation sites is 1. The Kier molecular flexibility index (Phi) is 10.3. The molecule has 1 atom stereocenters. The van der Waals surface area contributed by atoms with Gasteiger partial charge in [-0.05, 0) is 32.0 Å². The molecule has 0 aliphatic carbocycles. The second kappa shape index (κ2) is 11.7. The maximum Gasteiger partial charge on any atom is 0.224 e. The van der Waals surface area contributed by atoms with E-state index in [0.29, 0.717) is 18.4 Å². The summed E-state index contributed by atoms with van der Waals surface area (Å²) in [6.07, 6.45) is 2.95. The summed E-state index contributed by atoms with van der Waals surface area (Å²) in [5.41, 5.74) is 1.31. The van der Waals surface area contributed by atoms with Gasteiger partial charge in [-0.2, -0.15) is 0 Å². The molecule has 1 aromatic rings. The predicted molar refractivity (Wildman–Crippen MR) is 113 cm³/mol. The van der Waals surface area contributed by atoms with E-state index in [4.69, 9.17) is 0 Å². The Balaban J connectivity index is 0.00000169. The van der Waals surface area contributed by atoms with Gasteiger partial charge in [-0.25, -0.2) is 0 Å². The van der Waals surface area contributed by atoms with Crippen LogP contribution in [0, 0.1) is 0 Å². The van der Waals surface area contributed by atoms with Crippen LogP contribution < -0.4 is 10.2 Å². The number of nitrogens with zero attached hydrogens (tertiary/aromatic N) is 3. The molecule has 0 bridgehead atoms. The van der Waals surface area contributed by atoms with Gasteiger partial charge in [0.25, 0.3) is 0 Å². The Hall–Kier alpha value is -1.01. The summed E-state index contributed by atoms with van der Waals surface area (Å²) >= 11 is 0. The van der Waals surface area contributed by atoms with Crippen molar-refractivity contribution >= 4 is 36.4 Å². The van der Waals surface area contributed by atoms with Gasteiger partial charge in [0.1, 0.15) is 0 Å². The summed E-state index contributed by atoms with van der Waals surface area (Å²) in [7, 11) is 1.97. The maximum absolute atomic E-state index is 12.5. The topological polar surface area (TPSA) is 38.8 Å². The lowest BCUT2D eigenvalue weighted by Gasteiger charge is -2.36. The predicted octanol–water partition coefficient (Wildman–Crippen LogP) is 2.25. The number of carbonyl (C=O) groups is 1. The van der Waals surface area contributed by atoms with Gasteiger partial charge >= 0.3 is 0 Å². The van der Waals surface area contributed by atoms with E-state index in [1.165, 1.54) is 5.69 Å². The number of anilines is 1. The SMILES string of the molecule is CNCC1CCCN1C(=O)CCN1CCN(c2ccccc2)CC1.Cl.Cl. The average Bonchev–Trinajstić information content (AvgIpc) is 3.10. The van der Waals surface area contributed by atoms with E-state index in [2.05, 4.69) is 50.3 Å². The van der Waals surface area contributed by atoms with Gasteiger partial charge in [0.2, 0.25) is 5.91 Å². The zero-order valence-electron chi connectivity index (χ0n) is 15.6. The Morgan fingerprint density at radius 3 is 2.42 bits per heavy atom. The summed E-state index contributed by atoms with van der Waals surface area (Å²) in [6, 6.07) is 11.0. The first kappa shape index (κ1) is 23.0. The highest BCUT2D eigenvalue weighted by Crippen LogP contribution is 2.19. The molecule has 26 heavy (non-hydrogen) atoms. The zero-order valence-corrected chi connectivity index (χ0v) is 17.2. The number of likely N-dealkylation sites (N-methyl/N-ethyl adjacent to an activating group) is 1. The number of amides is 1. The Labute approximate surface area is 169 Å². The summed E-state index contributed by atoms with van der Waals surface area (Å²) in [4.78, 5) is 19.5. The highest BCUT2D eigenvalue weighted by Gasteiger charge is 2.28. The number of likely N-dealkylation sites (tertiary alicyclic amines) is 1. The highest BCUT2D eigenvalue weighted by atomic mass is 35.5. The molecule has 2 fully saturated rings. The third-order valence-electron chi connectivity index (χ3n) is 5.27. The fourth-order valence-corrected chi connectivity index (χ4v) is 3.88. The second-order valence-corrected chi connectivity index (χ2v) is 6.86. The Morgan fingerprint density at radius 2 is 1.77 bits per heavy atom. The maximum atomic E-state index is 12.5. The summed E-state index contributed by atoms with van der Waals surface area (Å²) in [5, 5.41) is 3.21. The third-order valence-corrected chi connectivity index (χ3v) is 5.27. The molecule has 0 spiro atoms. The minimum Gasteiger partial charge on any atom is -0.369 e. The number of halogens is 2. The molecule has 2 aliphatic heterocycles. The first-order valence-corrected chi connectivity index (χ1v) is 9.24. The molecule has 2 heterocycles. The summed E-state index contributed by atoms with van der Waals surface area (Å²) < 4.78 is 0. The Bertz CT molecular complexity index is 524. The number of nitrogens with one attached hydrogen (secondary N) is 1. The molecule has 5 nitrogen and oxygen atoms in total. The van der Waals surface area contributed by atoms with Gasteiger partial charge in [0.05, 0.1) is 0 Å². The fraction of sp³-hybridized carbons (Fsp3) is 0.632. The lowest BCUT2D eigenvalue weighted by molar-refractivity contribution is -0.132. The van der Waals surface area contributed by atoms with E-state index >= 15 is 0 Å². The molecule has 1 aromatic carbocycles. The molecular formula is C19H32Cl2N4O. The van der Waals surface area contributed by atoms with Crippen LogP contribution in [0.25, 0.3) is 0 Å². The normalized spacial score (nSPS) is 20.4. The summed E-state index contributed by atoms with van der Waals surface area (Å²) in [5.74, 6) is 0.332. The largest absolute Gasteiger partial charge is 0.369 e. The van der Waals surface area contributed by atoms with Crippen LogP contribution in [0.1, 0.15) is 19.3 Å². The molecular weight excluding hydrogens is 371 g/mol. The molecule has 148 valence electrons. The summed E-state index contributed by atoms with van der Waals surface area (Å²) in [6.45, 7) is 6.93. The van der Waals surface area contributed by atoms with E-state index in [1.54, 1.807) is 0 Å². The third kappa shape index (κ3) is 6.02. The van der Waals surface area contributed by atoms with Crippen LogP contribution in [-0.4, -0.2) is 74.6 Å². The van der Waals surface area contributed by atoms with Gasteiger partial charge in [-0.3, -0.25) is 9.69 Å². The number of hydrogen-bond acceptors (Lipinski definition) is 4. The number of carbonyl (C=O) groups excluding carboxylic acids is 1. The molecule has 7 heteroatoms. The van der Waals surface area contributed by atoms with Crippen molar-refractivity contribution in [1.82, 2.24) is 15.1 Å².